The van der Waals surface area contributed by atoms with Gasteiger partial charge >= 0.3 is 0 Å². The molecule has 0 aliphatic carbocycles. The quantitative estimate of drug-likeness (QED) is 0.347. The van der Waals surface area contributed by atoms with Crippen molar-refractivity contribution in [3.63, 3.8) is 0 Å². The number of nitrogens with one attached hydrogen (secondary N) is 2. The van der Waals surface area contributed by atoms with Crippen LogP contribution in [0.4, 0.5) is 5.69 Å². The summed E-state index contributed by atoms with van der Waals surface area (Å²) in [6, 6.07) is 27.6. The number of rotatable bonds is 6. The molecule has 0 unspecified atom stereocenters. The summed E-state index contributed by atoms with van der Waals surface area (Å²) in [7, 11) is 0. The summed E-state index contributed by atoms with van der Waals surface area (Å²) in [5.41, 5.74) is 2.16. The topological polar surface area (TPSA) is 85.2 Å². The van der Waals surface area contributed by atoms with Crippen molar-refractivity contribution < 1.29 is 9.90 Å². The molecule has 5 nitrogen and oxygen atoms in total. The average molecular weight is 369 g/mol. The monoisotopic (exact) mass is 369 g/mol. The molecule has 0 fully saturated rings. The van der Waals surface area contributed by atoms with Crippen LogP contribution in [0.3, 0.4) is 0 Å². The molecule has 0 heterocycles. The van der Waals surface area contributed by atoms with Gasteiger partial charge in [0.2, 0.25) is 0 Å². The van der Waals surface area contributed by atoms with E-state index >= 15 is 0 Å². The molecule has 1 amide bonds. The first-order valence-electron chi connectivity index (χ1n) is 8.74. The SMILES string of the molecule is N#C/C(=C/NC(c1ccccc1)c1ccccc1)C(=O)Nc1ccccc1O. The Morgan fingerprint density at radius 2 is 1.43 bits per heavy atom. The van der Waals surface area contributed by atoms with Crippen LogP contribution in [0.15, 0.2) is 96.7 Å². The first kappa shape index (κ1) is 18.7. The minimum Gasteiger partial charge on any atom is -0.506 e. The summed E-state index contributed by atoms with van der Waals surface area (Å²) in [5.74, 6) is -0.663. The normalized spacial score (nSPS) is 10.9. The fraction of sp³-hybridized carbons (Fsp3) is 0.0435. The first-order valence-corrected chi connectivity index (χ1v) is 8.74. The Labute approximate surface area is 163 Å². The number of carbonyl (C=O) groups is 1. The highest BCUT2D eigenvalue weighted by Gasteiger charge is 2.15. The predicted molar refractivity (Wildman–Crippen MR) is 108 cm³/mol. The van der Waals surface area contributed by atoms with Crippen LogP contribution in [0.2, 0.25) is 0 Å². The Kier molecular flexibility index (Phi) is 6.06. The van der Waals surface area contributed by atoms with Crippen LogP contribution >= 0.6 is 0 Å². The number of carbonyl (C=O) groups excluding carboxylic acids is 1. The average Bonchev–Trinajstić information content (AvgIpc) is 2.74. The zero-order valence-corrected chi connectivity index (χ0v) is 15.0. The molecule has 3 rings (SSSR count). The zero-order valence-electron chi connectivity index (χ0n) is 15.0. The Morgan fingerprint density at radius 1 is 0.893 bits per heavy atom. The van der Waals surface area contributed by atoms with Gasteiger partial charge in [-0.15, -0.1) is 0 Å². The Balaban J connectivity index is 1.83. The lowest BCUT2D eigenvalue weighted by Gasteiger charge is -2.19. The van der Waals surface area contributed by atoms with Gasteiger partial charge in [0.05, 0.1) is 11.7 Å². The summed E-state index contributed by atoms with van der Waals surface area (Å²) < 4.78 is 0. The van der Waals surface area contributed by atoms with Gasteiger partial charge in [-0.25, -0.2) is 0 Å². The van der Waals surface area contributed by atoms with E-state index < -0.39 is 5.91 Å². The molecule has 0 saturated carbocycles. The van der Waals surface area contributed by atoms with E-state index in [2.05, 4.69) is 10.6 Å². The van der Waals surface area contributed by atoms with Crippen molar-refractivity contribution in [1.82, 2.24) is 5.32 Å². The van der Waals surface area contributed by atoms with Gasteiger partial charge in [0.1, 0.15) is 17.4 Å². The van der Waals surface area contributed by atoms with Crippen molar-refractivity contribution in [3.05, 3.63) is 108 Å². The smallest absolute Gasteiger partial charge is 0.267 e. The first-order chi connectivity index (χ1) is 13.7. The molecule has 0 aromatic heterocycles. The lowest BCUT2D eigenvalue weighted by Crippen LogP contribution is -2.21. The number of aromatic hydroxyl groups is 1. The fourth-order valence-corrected chi connectivity index (χ4v) is 2.76. The second-order valence-electron chi connectivity index (χ2n) is 6.06. The highest BCUT2D eigenvalue weighted by molar-refractivity contribution is 6.07. The van der Waals surface area contributed by atoms with Gasteiger partial charge in [-0.05, 0) is 23.3 Å². The minimum absolute atomic E-state index is 0.0625. The van der Waals surface area contributed by atoms with Crippen molar-refractivity contribution in [1.29, 1.82) is 5.26 Å². The van der Waals surface area contributed by atoms with Crippen LogP contribution in [0, 0.1) is 11.3 Å². The molecular formula is C23H19N3O2. The molecule has 0 aliphatic heterocycles. The molecule has 0 spiro atoms. The molecule has 0 atom stereocenters. The largest absolute Gasteiger partial charge is 0.506 e. The Hall–Kier alpha value is -4.04. The summed E-state index contributed by atoms with van der Waals surface area (Å²) in [6.45, 7) is 0. The maximum atomic E-state index is 12.4. The maximum absolute atomic E-state index is 12.4. The number of amides is 1. The molecule has 3 aromatic rings. The number of anilines is 1. The number of para-hydroxylation sites is 2. The van der Waals surface area contributed by atoms with E-state index in [0.29, 0.717) is 0 Å². The third-order valence-corrected chi connectivity index (χ3v) is 4.18. The molecule has 0 radical (unpaired) electrons. The Bertz CT molecular complexity index is 969. The number of phenolic OH excluding ortho intramolecular Hbond substituents is 1. The lowest BCUT2D eigenvalue weighted by molar-refractivity contribution is -0.112. The van der Waals surface area contributed by atoms with Crippen molar-refractivity contribution >= 4 is 11.6 Å². The van der Waals surface area contributed by atoms with Gasteiger partial charge in [-0.3, -0.25) is 4.79 Å². The second-order valence-corrected chi connectivity index (χ2v) is 6.06. The van der Waals surface area contributed by atoms with Crippen LogP contribution in [0.1, 0.15) is 17.2 Å². The number of nitriles is 1. The molecule has 0 aliphatic rings. The van der Waals surface area contributed by atoms with E-state index in [-0.39, 0.29) is 23.1 Å². The van der Waals surface area contributed by atoms with Crippen LogP contribution in [-0.4, -0.2) is 11.0 Å². The van der Waals surface area contributed by atoms with E-state index in [1.165, 1.54) is 12.3 Å². The van der Waals surface area contributed by atoms with Crippen LogP contribution in [0.25, 0.3) is 0 Å². The van der Waals surface area contributed by atoms with Crippen molar-refractivity contribution in [2.75, 3.05) is 5.32 Å². The van der Waals surface area contributed by atoms with Crippen molar-refractivity contribution in [2.45, 2.75) is 6.04 Å². The van der Waals surface area contributed by atoms with Crippen LogP contribution < -0.4 is 10.6 Å². The molecule has 3 aromatic carbocycles. The second kappa shape index (κ2) is 9.06. The molecule has 28 heavy (non-hydrogen) atoms. The van der Waals surface area contributed by atoms with Gasteiger partial charge < -0.3 is 15.7 Å². The molecule has 0 bridgehead atoms. The predicted octanol–water partition coefficient (Wildman–Crippen LogP) is 4.12. The van der Waals surface area contributed by atoms with Gasteiger partial charge in [-0.2, -0.15) is 5.26 Å². The summed E-state index contributed by atoms with van der Waals surface area (Å²) in [5, 5.41) is 24.9. The zero-order chi connectivity index (χ0) is 19.8. The van der Waals surface area contributed by atoms with Crippen LogP contribution in [0.5, 0.6) is 5.75 Å². The summed E-state index contributed by atoms with van der Waals surface area (Å²) in [4.78, 5) is 12.4. The molecule has 138 valence electrons. The fourth-order valence-electron chi connectivity index (χ4n) is 2.76. The van der Waals surface area contributed by atoms with E-state index in [4.69, 9.17) is 0 Å². The number of phenols is 1. The number of hydrogen-bond acceptors (Lipinski definition) is 4. The van der Waals surface area contributed by atoms with Gasteiger partial charge in [-0.1, -0.05) is 72.8 Å². The number of hydrogen-bond donors (Lipinski definition) is 3. The summed E-state index contributed by atoms with van der Waals surface area (Å²) in [6.07, 6.45) is 1.40. The van der Waals surface area contributed by atoms with E-state index in [0.717, 1.165) is 11.1 Å². The molecule has 3 N–H and O–H groups in total. The number of benzene rings is 3. The van der Waals surface area contributed by atoms with Gasteiger partial charge in [0.15, 0.2) is 0 Å². The Morgan fingerprint density at radius 3 is 1.96 bits per heavy atom. The number of nitrogens with zero attached hydrogens (tertiary/aromatic N) is 1. The van der Waals surface area contributed by atoms with Crippen molar-refractivity contribution in [3.8, 4) is 11.8 Å². The third-order valence-electron chi connectivity index (χ3n) is 4.18. The van der Waals surface area contributed by atoms with E-state index in [1.807, 2.05) is 66.7 Å². The third kappa shape index (κ3) is 4.57. The van der Waals surface area contributed by atoms with Gasteiger partial charge in [0.25, 0.3) is 5.91 Å². The molecule has 0 saturated heterocycles. The van der Waals surface area contributed by atoms with E-state index in [1.54, 1.807) is 18.2 Å². The maximum Gasteiger partial charge on any atom is 0.267 e. The minimum atomic E-state index is -0.601. The molecule has 5 heteroatoms. The van der Waals surface area contributed by atoms with Crippen molar-refractivity contribution in [2.24, 2.45) is 0 Å². The highest BCUT2D eigenvalue weighted by atomic mass is 16.3. The summed E-state index contributed by atoms with van der Waals surface area (Å²) >= 11 is 0. The van der Waals surface area contributed by atoms with E-state index in [9.17, 15) is 15.2 Å². The lowest BCUT2D eigenvalue weighted by atomic mass is 9.99. The standard InChI is InChI=1S/C23H19N3O2/c24-15-19(23(28)26-20-13-7-8-14-21(20)27)16-25-22(17-9-3-1-4-10-17)18-11-5-2-6-12-18/h1-14,16,22,25,27H,(H,26,28)/b19-16-. The van der Waals surface area contributed by atoms with Gasteiger partial charge in [0, 0.05) is 6.20 Å². The highest BCUT2D eigenvalue weighted by Crippen LogP contribution is 2.23. The molecular weight excluding hydrogens is 350 g/mol. The van der Waals surface area contributed by atoms with Crippen LogP contribution in [-0.2, 0) is 4.79 Å².